The molecule has 14 nitrogen and oxygen atoms in total. The van der Waals surface area contributed by atoms with Crippen LogP contribution in [0.25, 0.3) is 0 Å². The predicted octanol–water partition coefficient (Wildman–Crippen LogP) is 1.27. The van der Waals surface area contributed by atoms with Crippen LogP contribution in [0.15, 0.2) is 31.4 Å². The van der Waals surface area contributed by atoms with Gasteiger partial charge in [-0.15, -0.1) is 0 Å². The van der Waals surface area contributed by atoms with Gasteiger partial charge in [-0.25, -0.2) is 0 Å². The third kappa shape index (κ3) is 4.47. The van der Waals surface area contributed by atoms with Crippen LogP contribution in [-0.2, 0) is 47.7 Å². The number of fused-ring (bicyclic) bond motifs is 6. The number of nitrogens with zero attached hydrogens (tertiary/aromatic N) is 2. The lowest BCUT2D eigenvalue weighted by molar-refractivity contribution is -0.250. The van der Waals surface area contributed by atoms with Gasteiger partial charge in [-0.2, -0.15) is 0 Å². The molecule has 238 valence electrons. The van der Waals surface area contributed by atoms with Gasteiger partial charge in [-0.05, 0) is 69.7 Å². The third-order valence-corrected chi connectivity index (χ3v) is 10.9. The Balaban J connectivity index is 0.795. The molecule has 1 unspecified atom stereocenters. The number of carbonyl (C=O) groups is 2. The number of rotatable bonds is 7. The molecule has 0 saturated carbocycles. The Morgan fingerprint density at radius 1 is 0.818 bits per heavy atom. The minimum atomic E-state index is -1.07. The molecule has 7 atom stereocenters. The first-order chi connectivity index (χ1) is 21.3. The molecule has 4 spiro atoms. The molecule has 2 aliphatic carbocycles. The molecule has 0 bridgehead atoms. The molecule has 8 aliphatic rings. The highest BCUT2D eigenvalue weighted by Crippen LogP contribution is 2.58. The maximum Gasteiger partial charge on any atom is 0.269 e. The van der Waals surface area contributed by atoms with Gasteiger partial charge in [0, 0.05) is 19.5 Å². The monoisotopic (exact) mass is 742 g/mol. The van der Waals surface area contributed by atoms with E-state index in [1.165, 1.54) is 6.21 Å². The smallest absolute Gasteiger partial charge is 0.269 e. The molecule has 44 heavy (non-hydrogen) atoms. The van der Waals surface area contributed by atoms with Crippen molar-refractivity contribution in [3.63, 3.8) is 0 Å². The van der Waals surface area contributed by atoms with E-state index in [1.54, 1.807) is 6.08 Å². The number of hydrogen-bond donors (Lipinski definition) is 2. The molecule has 4 fully saturated rings. The van der Waals surface area contributed by atoms with Crippen LogP contribution in [-0.4, -0.2) is 110 Å². The minimum absolute atomic E-state index is 0.219. The summed E-state index contributed by atoms with van der Waals surface area (Å²) < 4.78 is 37.0. The lowest BCUT2D eigenvalue weighted by Crippen LogP contribution is -2.57. The molecule has 8 rings (SSSR count). The van der Waals surface area contributed by atoms with E-state index in [-0.39, 0.29) is 30.4 Å². The second-order valence-corrected chi connectivity index (χ2v) is 13.8. The highest BCUT2D eigenvalue weighted by molar-refractivity contribution is 9.12. The van der Waals surface area contributed by atoms with E-state index in [0.717, 1.165) is 12.8 Å². The Morgan fingerprint density at radius 3 is 2.14 bits per heavy atom. The maximum absolute atomic E-state index is 13.2. The predicted molar refractivity (Wildman–Crippen MR) is 157 cm³/mol. The van der Waals surface area contributed by atoms with Crippen molar-refractivity contribution in [2.24, 2.45) is 16.2 Å². The van der Waals surface area contributed by atoms with Gasteiger partial charge in [0.05, 0.1) is 41.6 Å². The Morgan fingerprint density at radius 2 is 1.43 bits per heavy atom. The molecule has 0 aromatic rings. The molecule has 16 heteroatoms. The summed E-state index contributed by atoms with van der Waals surface area (Å²) in [4.78, 5) is 37.6. The summed E-state index contributed by atoms with van der Waals surface area (Å²) in [6.45, 7) is 3.12. The summed E-state index contributed by atoms with van der Waals surface area (Å²) in [5, 5.41) is 13.9. The quantitative estimate of drug-likeness (QED) is 0.287. The first-order valence-corrected chi connectivity index (χ1v) is 16.6. The van der Waals surface area contributed by atoms with Crippen LogP contribution in [0, 0.1) is 5.92 Å². The van der Waals surface area contributed by atoms with Gasteiger partial charge in [-0.1, -0.05) is 10.3 Å². The van der Waals surface area contributed by atoms with E-state index in [0.29, 0.717) is 67.0 Å². The van der Waals surface area contributed by atoms with Crippen molar-refractivity contribution in [3.8, 4) is 0 Å². The Kier molecular flexibility index (Phi) is 7.25. The fraction of sp³-hybridized carbons (Fsp3) is 0.714. The zero-order chi connectivity index (χ0) is 30.2. The molecular formula is C28H32Br2N4O10. The number of hydrogen-bond acceptors (Lipinski definition) is 12. The highest BCUT2D eigenvalue weighted by atomic mass is 79.9. The zero-order valence-electron chi connectivity index (χ0n) is 23.6. The van der Waals surface area contributed by atoms with Gasteiger partial charge in [-0.3, -0.25) is 9.59 Å². The Labute approximate surface area is 269 Å². The van der Waals surface area contributed by atoms with E-state index in [1.807, 2.05) is 6.08 Å². The fourth-order valence-electron chi connectivity index (χ4n) is 6.93. The zero-order valence-corrected chi connectivity index (χ0v) is 26.8. The number of unbranched alkanes of at least 4 members (excludes halogenated alkanes) is 1. The van der Waals surface area contributed by atoms with Crippen LogP contribution in [0.1, 0.15) is 32.1 Å². The summed E-state index contributed by atoms with van der Waals surface area (Å²) >= 11 is 7.18. The summed E-state index contributed by atoms with van der Waals surface area (Å²) in [5.41, 5.74) is -1.63. The van der Waals surface area contributed by atoms with E-state index < -0.39 is 40.9 Å². The number of epoxide rings is 2. The fourth-order valence-corrected chi connectivity index (χ4v) is 8.59. The Hall–Kier alpha value is -1.92. The first kappa shape index (κ1) is 29.5. The van der Waals surface area contributed by atoms with E-state index in [9.17, 15) is 9.59 Å². The molecule has 6 heterocycles. The van der Waals surface area contributed by atoms with Gasteiger partial charge in [0.25, 0.3) is 5.91 Å². The normalized spacial score (nSPS) is 40.0. The van der Waals surface area contributed by atoms with Crippen molar-refractivity contribution >= 4 is 55.6 Å². The minimum Gasteiger partial charge on any atom is -0.381 e. The van der Waals surface area contributed by atoms with Crippen molar-refractivity contribution in [3.05, 3.63) is 21.1 Å². The largest absolute Gasteiger partial charge is 0.381 e. The van der Waals surface area contributed by atoms with Crippen LogP contribution in [0.2, 0.25) is 0 Å². The lowest BCUT2D eigenvalue weighted by Gasteiger charge is -2.41. The van der Waals surface area contributed by atoms with Gasteiger partial charge in [0.1, 0.15) is 36.0 Å². The topological polar surface area (TPSA) is 163 Å². The van der Waals surface area contributed by atoms with Crippen LogP contribution in [0.5, 0.6) is 0 Å². The van der Waals surface area contributed by atoms with Crippen LogP contribution >= 0.6 is 31.9 Å². The highest BCUT2D eigenvalue weighted by Gasteiger charge is 2.75. The second-order valence-electron chi connectivity index (χ2n) is 12.1. The average molecular weight is 744 g/mol. The lowest BCUT2D eigenvalue weighted by atomic mass is 9.78. The molecule has 0 aromatic carbocycles. The summed E-state index contributed by atoms with van der Waals surface area (Å²) in [5.74, 6) is -3.13. The SMILES string of the molecule is O=C(NCCCCNC(=O)C1C=NO[C@]12C=C(Br)C1(OCCCO1)[C@@H]1O[C@@H]12)C1=NO[C@]2(C=C(Br)C3(OCCCO3)[C@@H]3O[C@@H]32)C1. The van der Waals surface area contributed by atoms with Crippen molar-refractivity contribution in [1.29, 1.82) is 0 Å². The summed E-state index contributed by atoms with van der Waals surface area (Å²) in [6.07, 6.45) is 6.93. The Bertz CT molecular complexity index is 1360. The van der Waals surface area contributed by atoms with Gasteiger partial charge in [0.15, 0.2) is 5.60 Å². The second kappa shape index (κ2) is 10.8. The number of carbonyl (C=O) groups excluding carboxylic acids is 2. The molecule has 2 N–H and O–H groups in total. The number of nitrogens with one attached hydrogen (secondary N) is 2. The standard InChI is InChI=1S/C28H32Br2N4O10/c29-17-12-25(19-21(41-19)27(17)37-7-3-8-38-27)11-16(34-43-25)24(36)32-6-2-1-5-31-23(35)15-14-33-44-26(15)13-18(30)28(22-20(26)42-22)39-9-4-10-40-28/h12-15,19-22H,1-11H2,(H,31,35)(H,32,36)/t15?,19-,20-,21+,22+,25-,26+/m0/s1. The van der Waals surface area contributed by atoms with Crippen molar-refractivity contribution in [2.75, 3.05) is 39.5 Å². The maximum atomic E-state index is 13.2. The van der Waals surface area contributed by atoms with Crippen molar-refractivity contribution in [2.45, 2.75) is 79.3 Å². The number of ether oxygens (including phenoxy) is 6. The van der Waals surface area contributed by atoms with Gasteiger partial charge in [0.2, 0.25) is 23.1 Å². The molecule has 0 radical (unpaired) electrons. The third-order valence-electron chi connectivity index (χ3n) is 9.30. The summed E-state index contributed by atoms with van der Waals surface area (Å²) in [6, 6.07) is 0. The average Bonchev–Trinajstić information content (AvgIpc) is 3.95. The molecule has 2 amide bonds. The van der Waals surface area contributed by atoms with Gasteiger partial charge >= 0.3 is 0 Å². The van der Waals surface area contributed by atoms with E-state index >= 15 is 0 Å². The number of amides is 2. The van der Waals surface area contributed by atoms with E-state index in [2.05, 4.69) is 52.8 Å². The molecule has 4 saturated heterocycles. The van der Waals surface area contributed by atoms with Crippen molar-refractivity contribution in [1.82, 2.24) is 10.6 Å². The molecule has 0 aromatic heterocycles. The first-order valence-electron chi connectivity index (χ1n) is 15.0. The summed E-state index contributed by atoms with van der Waals surface area (Å²) in [7, 11) is 0. The van der Waals surface area contributed by atoms with Crippen molar-refractivity contribution < 1.29 is 47.7 Å². The van der Waals surface area contributed by atoms with Crippen LogP contribution < -0.4 is 10.6 Å². The van der Waals surface area contributed by atoms with Crippen LogP contribution in [0.3, 0.4) is 0 Å². The van der Waals surface area contributed by atoms with E-state index in [4.69, 9.17) is 38.1 Å². The number of halogens is 2. The number of oxime groups is 2. The van der Waals surface area contributed by atoms with Gasteiger partial charge < -0.3 is 48.7 Å². The van der Waals surface area contributed by atoms with Crippen LogP contribution in [0.4, 0.5) is 0 Å². The molecule has 6 aliphatic heterocycles. The molecular weight excluding hydrogens is 712 g/mol.